The predicted molar refractivity (Wildman–Crippen MR) is 129 cm³/mol. The summed E-state index contributed by atoms with van der Waals surface area (Å²) in [6, 6.07) is 6.35. The molecule has 0 amide bonds. The van der Waals surface area contributed by atoms with Gasteiger partial charge >= 0.3 is 0 Å². The second kappa shape index (κ2) is 9.26. The summed E-state index contributed by atoms with van der Waals surface area (Å²) in [5.74, 6) is 2.33. The lowest BCUT2D eigenvalue weighted by Gasteiger charge is -2.50. The molecule has 1 atom stereocenters. The highest BCUT2D eigenvalue weighted by Crippen LogP contribution is 2.38. The van der Waals surface area contributed by atoms with Crippen molar-refractivity contribution in [3.63, 3.8) is 0 Å². The summed E-state index contributed by atoms with van der Waals surface area (Å²) >= 11 is 0. The molecule has 3 rings (SSSR count). The van der Waals surface area contributed by atoms with Crippen molar-refractivity contribution < 1.29 is 0 Å². The van der Waals surface area contributed by atoms with Gasteiger partial charge < -0.3 is 10.6 Å². The van der Waals surface area contributed by atoms with Gasteiger partial charge in [0, 0.05) is 36.2 Å². The molecule has 5 heteroatoms. The highest BCUT2D eigenvalue weighted by molar-refractivity contribution is 5.63. The summed E-state index contributed by atoms with van der Waals surface area (Å²) in [7, 11) is 0. The third kappa shape index (κ3) is 4.39. The van der Waals surface area contributed by atoms with Crippen molar-refractivity contribution in [2.24, 2.45) is 0 Å². The van der Waals surface area contributed by atoms with Gasteiger partial charge in [-0.05, 0) is 56.2 Å². The van der Waals surface area contributed by atoms with E-state index < -0.39 is 0 Å². The monoisotopic (exact) mass is 419 g/mol. The highest BCUT2D eigenvalue weighted by Gasteiger charge is 2.38. The Morgan fingerprint density at radius 1 is 1.19 bits per heavy atom. The molecular weight excluding hydrogens is 382 g/mol. The molecule has 1 fully saturated rings. The zero-order chi connectivity index (χ0) is 22.8. The van der Waals surface area contributed by atoms with Crippen LogP contribution in [0.3, 0.4) is 0 Å². The van der Waals surface area contributed by atoms with E-state index in [-0.39, 0.29) is 5.54 Å². The first-order valence-electron chi connectivity index (χ1n) is 11.7. The minimum atomic E-state index is 0.121. The molecule has 31 heavy (non-hydrogen) atoms. The molecule has 1 aromatic carbocycles. The number of aryl methyl sites for hydroxylation is 1. The van der Waals surface area contributed by atoms with E-state index in [9.17, 15) is 5.26 Å². The molecule has 1 aliphatic rings. The van der Waals surface area contributed by atoms with Gasteiger partial charge in [0.1, 0.15) is 17.7 Å². The number of rotatable bonds is 8. The number of nitrogens with zero attached hydrogens (tertiary/aromatic N) is 4. The molecular formula is C26H37N5. The SMILES string of the molecule is CCCc1c(Cc2c([C@@H](C)CC)ccc(N)c2C#N)nc(CC)nc1N1CCC1(C)C. The predicted octanol–water partition coefficient (Wildman–Crippen LogP) is 5.54. The van der Waals surface area contributed by atoms with Crippen LogP contribution < -0.4 is 10.6 Å². The van der Waals surface area contributed by atoms with Crippen molar-refractivity contribution in [2.45, 2.75) is 91.5 Å². The van der Waals surface area contributed by atoms with Crippen molar-refractivity contribution in [3.05, 3.63) is 45.9 Å². The average molecular weight is 420 g/mol. The summed E-state index contributed by atoms with van der Waals surface area (Å²) < 4.78 is 0. The Hall–Kier alpha value is -2.61. The molecule has 2 heterocycles. The quantitative estimate of drug-likeness (QED) is 0.568. The fraction of sp³-hybridized carbons (Fsp3) is 0.577. The maximum absolute atomic E-state index is 9.92. The van der Waals surface area contributed by atoms with E-state index in [1.165, 1.54) is 17.5 Å². The van der Waals surface area contributed by atoms with E-state index in [1.54, 1.807) is 0 Å². The Morgan fingerprint density at radius 2 is 1.94 bits per heavy atom. The number of nitrogen functional groups attached to an aromatic ring is 1. The minimum Gasteiger partial charge on any atom is -0.398 e. The first kappa shape index (κ1) is 23.1. The van der Waals surface area contributed by atoms with Gasteiger partial charge in [0.2, 0.25) is 0 Å². The molecule has 0 unspecified atom stereocenters. The van der Waals surface area contributed by atoms with Crippen LogP contribution in [0.4, 0.5) is 11.5 Å². The lowest BCUT2D eigenvalue weighted by molar-refractivity contribution is 0.327. The Balaban J connectivity index is 2.20. The molecule has 1 aromatic heterocycles. The van der Waals surface area contributed by atoms with E-state index in [2.05, 4.69) is 58.6 Å². The van der Waals surface area contributed by atoms with Gasteiger partial charge in [-0.25, -0.2) is 9.97 Å². The van der Waals surface area contributed by atoms with Crippen LogP contribution in [0.2, 0.25) is 0 Å². The van der Waals surface area contributed by atoms with Crippen LogP contribution in [0.5, 0.6) is 0 Å². The maximum Gasteiger partial charge on any atom is 0.136 e. The lowest BCUT2D eigenvalue weighted by Crippen LogP contribution is -2.56. The van der Waals surface area contributed by atoms with Gasteiger partial charge in [0.25, 0.3) is 0 Å². The first-order chi connectivity index (χ1) is 14.8. The largest absolute Gasteiger partial charge is 0.398 e. The maximum atomic E-state index is 9.92. The summed E-state index contributed by atoms with van der Waals surface area (Å²) in [4.78, 5) is 12.4. The average Bonchev–Trinajstić information content (AvgIpc) is 2.74. The van der Waals surface area contributed by atoms with Crippen LogP contribution in [0.1, 0.15) is 100 Å². The topological polar surface area (TPSA) is 78.8 Å². The number of benzene rings is 1. The Morgan fingerprint density at radius 3 is 2.45 bits per heavy atom. The van der Waals surface area contributed by atoms with Crippen molar-refractivity contribution in [2.75, 3.05) is 17.2 Å². The number of aromatic nitrogens is 2. The smallest absolute Gasteiger partial charge is 0.136 e. The normalized spacial score (nSPS) is 16.0. The van der Waals surface area contributed by atoms with Crippen molar-refractivity contribution in [1.29, 1.82) is 5.26 Å². The molecule has 0 aliphatic carbocycles. The fourth-order valence-corrected chi connectivity index (χ4v) is 4.52. The number of nitriles is 1. The van der Waals surface area contributed by atoms with Crippen LogP contribution in [0.25, 0.3) is 0 Å². The van der Waals surface area contributed by atoms with Crippen molar-refractivity contribution >= 4 is 11.5 Å². The first-order valence-corrected chi connectivity index (χ1v) is 11.7. The van der Waals surface area contributed by atoms with Crippen LogP contribution in [0, 0.1) is 11.3 Å². The highest BCUT2D eigenvalue weighted by atomic mass is 15.3. The molecule has 1 saturated heterocycles. The van der Waals surface area contributed by atoms with Crippen LogP contribution in [0.15, 0.2) is 12.1 Å². The van der Waals surface area contributed by atoms with E-state index in [1.807, 2.05) is 6.07 Å². The number of anilines is 2. The lowest BCUT2D eigenvalue weighted by atomic mass is 9.86. The van der Waals surface area contributed by atoms with Gasteiger partial charge in [-0.1, -0.05) is 40.2 Å². The van der Waals surface area contributed by atoms with Crippen LogP contribution in [-0.4, -0.2) is 22.1 Å². The van der Waals surface area contributed by atoms with Gasteiger partial charge in [-0.15, -0.1) is 0 Å². The zero-order valence-electron chi connectivity index (χ0n) is 20.0. The Kier molecular flexibility index (Phi) is 6.89. The third-order valence-corrected chi connectivity index (χ3v) is 6.85. The summed E-state index contributed by atoms with van der Waals surface area (Å²) in [5.41, 5.74) is 12.0. The van der Waals surface area contributed by atoms with E-state index >= 15 is 0 Å². The van der Waals surface area contributed by atoms with E-state index in [4.69, 9.17) is 15.7 Å². The van der Waals surface area contributed by atoms with E-state index in [0.717, 1.165) is 55.1 Å². The van der Waals surface area contributed by atoms with Crippen molar-refractivity contribution in [3.8, 4) is 6.07 Å². The summed E-state index contributed by atoms with van der Waals surface area (Å²) in [6.45, 7) is 14.3. The van der Waals surface area contributed by atoms with Crippen molar-refractivity contribution in [1.82, 2.24) is 9.97 Å². The van der Waals surface area contributed by atoms with Gasteiger partial charge in [0.15, 0.2) is 0 Å². The molecule has 2 N–H and O–H groups in total. The zero-order valence-corrected chi connectivity index (χ0v) is 20.0. The molecule has 0 spiro atoms. The molecule has 0 radical (unpaired) electrons. The van der Waals surface area contributed by atoms with Gasteiger partial charge in [0.05, 0.1) is 11.3 Å². The second-order valence-corrected chi connectivity index (χ2v) is 9.40. The number of nitrogens with two attached hydrogens (primary N) is 1. The van der Waals surface area contributed by atoms with Gasteiger partial charge in [-0.3, -0.25) is 0 Å². The standard InChI is InChI=1S/C26H37N5/c1-7-10-19-23(29-24(9-3)30-25(19)31-14-13-26(31,5)6)15-20-18(17(4)8-2)11-12-22(28)21(20)16-27/h11-12,17H,7-10,13-15,28H2,1-6H3/t17-/m0/s1. The molecule has 0 saturated carbocycles. The van der Waals surface area contributed by atoms with Crippen LogP contribution in [-0.2, 0) is 19.3 Å². The van der Waals surface area contributed by atoms with Crippen LogP contribution >= 0.6 is 0 Å². The van der Waals surface area contributed by atoms with E-state index in [0.29, 0.717) is 23.6 Å². The molecule has 1 aliphatic heterocycles. The second-order valence-electron chi connectivity index (χ2n) is 9.40. The van der Waals surface area contributed by atoms with Gasteiger partial charge in [-0.2, -0.15) is 5.26 Å². The number of hydrogen-bond donors (Lipinski definition) is 1. The molecule has 166 valence electrons. The number of hydrogen-bond acceptors (Lipinski definition) is 5. The molecule has 2 aromatic rings. The molecule has 0 bridgehead atoms. The Labute approximate surface area is 187 Å². The molecule has 5 nitrogen and oxygen atoms in total. The summed E-state index contributed by atoms with van der Waals surface area (Å²) in [6.07, 6.45) is 5.57. The summed E-state index contributed by atoms with van der Waals surface area (Å²) in [5, 5.41) is 9.92. The Bertz CT molecular complexity index is 986. The third-order valence-electron chi connectivity index (χ3n) is 6.85. The fourth-order valence-electron chi connectivity index (χ4n) is 4.52. The minimum absolute atomic E-state index is 0.121.